The molecule has 0 aliphatic carbocycles. The van der Waals surface area contributed by atoms with Crippen LogP contribution in [0.15, 0.2) is 48.5 Å². The number of hydrogen-bond donors (Lipinski definition) is 1. The standard InChI is InChI=1S/C19H17FN4OS/c20-15-7-5-13(6-8-15)11-21-18(25)19-23-22-17(26-19)12-24-10-9-14-3-1-2-4-16(14)24/h1-8H,9-12H2,(H,21,25). The number of amides is 1. The van der Waals surface area contributed by atoms with Gasteiger partial charge in [0.1, 0.15) is 10.8 Å². The number of halogens is 1. The van der Waals surface area contributed by atoms with Gasteiger partial charge in [-0.15, -0.1) is 10.2 Å². The summed E-state index contributed by atoms with van der Waals surface area (Å²) in [6.45, 7) is 1.93. The molecule has 1 amide bonds. The van der Waals surface area contributed by atoms with Gasteiger partial charge in [-0.1, -0.05) is 41.7 Å². The molecule has 4 rings (SSSR count). The van der Waals surface area contributed by atoms with E-state index in [-0.39, 0.29) is 11.7 Å². The van der Waals surface area contributed by atoms with Crippen molar-refractivity contribution in [2.45, 2.75) is 19.5 Å². The molecule has 0 spiro atoms. The topological polar surface area (TPSA) is 58.1 Å². The molecular weight excluding hydrogens is 351 g/mol. The number of rotatable bonds is 5. The average Bonchev–Trinajstić information content (AvgIpc) is 3.29. The zero-order chi connectivity index (χ0) is 17.9. The Kier molecular flexibility index (Phi) is 4.62. The maximum Gasteiger partial charge on any atom is 0.282 e. The summed E-state index contributed by atoms with van der Waals surface area (Å²) in [4.78, 5) is 14.5. The number of para-hydroxylation sites is 1. The van der Waals surface area contributed by atoms with Crippen molar-refractivity contribution in [2.75, 3.05) is 11.4 Å². The van der Waals surface area contributed by atoms with Crippen LogP contribution in [0.2, 0.25) is 0 Å². The zero-order valence-electron chi connectivity index (χ0n) is 14.0. The van der Waals surface area contributed by atoms with Crippen molar-refractivity contribution >= 4 is 22.9 Å². The first-order chi connectivity index (χ1) is 12.7. The van der Waals surface area contributed by atoms with Crippen LogP contribution in [0.25, 0.3) is 0 Å². The lowest BCUT2D eigenvalue weighted by Crippen LogP contribution is -2.22. The number of aromatic nitrogens is 2. The molecule has 0 bridgehead atoms. The lowest BCUT2D eigenvalue weighted by Gasteiger charge is -2.17. The van der Waals surface area contributed by atoms with Crippen LogP contribution in [0.3, 0.4) is 0 Å². The highest BCUT2D eigenvalue weighted by atomic mass is 32.1. The normalized spacial score (nSPS) is 12.9. The molecule has 0 fully saturated rings. The largest absolute Gasteiger partial charge is 0.364 e. The molecule has 5 nitrogen and oxygen atoms in total. The van der Waals surface area contributed by atoms with E-state index in [1.165, 1.54) is 34.7 Å². The highest BCUT2D eigenvalue weighted by molar-refractivity contribution is 7.13. The summed E-state index contributed by atoms with van der Waals surface area (Å²) < 4.78 is 12.9. The van der Waals surface area contributed by atoms with Crippen LogP contribution >= 0.6 is 11.3 Å². The van der Waals surface area contributed by atoms with E-state index in [0.29, 0.717) is 18.1 Å². The van der Waals surface area contributed by atoms with Gasteiger partial charge < -0.3 is 10.2 Å². The van der Waals surface area contributed by atoms with Crippen LogP contribution in [0.5, 0.6) is 0 Å². The first-order valence-corrected chi connectivity index (χ1v) is 9.18. The minimum Gasteiger partial charge on any atom is -0.364 e. The molecule has 0 atom stereocenters. The highest BCUT2D eigenvalue weighted by Crippen LogP contribution is 2.29. The van der Waals surface area contributed by atoms with Crippen LogP contribution < -0.4 is 10.2 Å². The van der Waals surface area contributed by atoms with Crippen LogP contribution in [0, 0.1) is 5.82 Å². The van der Waals surface area contributed by atoms with Crippen molar-refractivity contribution in [2.24, 2.45) is 0 Å². The van der Waals surface area contributed by atoms with E-state index in [9.17, 15) is 9.18 Å². The third kappa shape index (κ3) is 3.57. The van der Waals surface area contributed by atoms with E-state index >= 15 is 0 Å². The number of anilines is 1. The molecule has 3 aromatic rings. The molecule has 2 aromatic carbocycles. The minimum absolute atomic E-state index is 0.264. The monoisotopic (exact) mass is 368 g/mol. The Bertz CT molecular complexity index is 925. The molecule has 1 aliphatic heterocycles. The van der Waals surface area contributed by atoms with Crippen molar-refractivity contribution in [3.8, 4) is 0 Å². The Labute approximate surface area is 154 Å². The fourth-order valence-corrected chi connectivity index (χ4v) is 3.78. The lowest BCUT2D eigenvalue weighted by atomic mass is 10.2. The first-order valence-electron chi connectivity index (χ1n) is 8.37. The van der Waals surface area contributed by atoms with Gasteiger partial charge in [0.05, 0.1) is 6.54 Å². The molecule has 0 radical (unpaired) electrons. The highest BCUT2D eigenvalue weighted by Gasteiger charge is 2.21. The van der Waals surface area contributed by atoms with E-state index in [4.69, 9.17) is 0 Å². The second-order valence-corrected chi connectivity index (χ2v) is 7.17. The van der Waals surface area contributed by atoms with Crippen LogP contribution in [-0.4, -0.2) is 22.6 Å². The van der Waals surface area contributed by atoms with Crippen LogP contribution in [0.4, 0.5) is 10.1 Å². The predicted molar refractivity (Wildman–Crippen MR) is 98.7 cm³/mol. The number of benzene rings is 2. The average molecular weight is 368 g/mol. The van der Waals surface area contributed by atoms with Gasteiger partial charge >= 0.3 is 0 Å². The van der Waals surface area contributed by atoms with Gasteiger partial charge in [0.2, 0.25) is 5.01 Å². The van der Waals surface area contributed by atoms with E-state index in [1.807, 2.05) is 6.07 Å². The molecule has 26 heavy (non-hydrogen) atoms. The number of carbonyl (C=O) groups is 1. The van der Waals surface area contributed by atoms with Crippen molar-refractivity contribution in [1.82, 2.24) is 15.5 Å². The van der Waals surface area contributed by atoms with Crippen molar-refractivity contribution < 1.29 is 9.18 Å². The molecule has 0 saturated heterocycles. The summed E-state index contributed by atoms with van der Waals surface area (Å²) in [5.74, 6) is -0.558. The second-order valence-electron chi connectivity index (χ2n) is 6.11. The molecule has 132 valence electrons. The van der Waals surface area contributed by atoms with Crippen molar-refractivity contribution in [3.63, 3.8) is 0 Å². The number of nitrogens with one attached hydrogen (secondary N) is 1. The molecular formula is C19H17FN4OS. The Morgan fingerprint density at radius 1 is 1.15 bits per heavy atom. The Morgan fingerprint density at radius 3 is 2.81 bits per heavy atom. The SMILES string of the molecule is O=C(NCc1ccc(F)cc1)c1nnc(CN2CCc3ccccc32)s1. The molecule has 0 saturated carbocycles. The van der Waals surface area contributed by atoms with Crippen molar-refractivity contribution in [1.29, 1.82) is 0 Å². The number of nitrogens with zero attached hydrogens (tertiary/aromatic N) is 3. The van der Waals surface area contributed by atoms with Gasteiger partial charge in [-0.05, 0) is 35.7 Å². The van der Waals surface area contributed by atoms with E-state index in [2.05, 4.69) is 38.6 Å². The molecule has 1 N–H and O–H groups in total. The van der Waals surface area contributed by atoms with Gasteiger partial charge in [-0.3, -0.25) is 4.79 Å². The maximum atomic E-state index is 12.9. The molecule has 2 heterocycles. The Hall–Kier alpha value is -2.80. The first kappa shape index (κ1) is 16.7. The minimum atomic E-state index is -0.294. The van der Waals surface area contributed by atoms with Gasteiger partial charge in [0.15, 0.2) is 0 Å². The lowest BCUT2D eigenvalue weighted by molar-refractivity contribution is 0.0950. The molecule has 1 aliphatic rings. The third-order valence-corrected chi connectivity index (χ3v) is 5.24. The number of carbonyl (C=O) groups excluding carboxylic acids is 1. The van der Waals surface area contributed by atoms with Gasteiger partial charge in [-0.25, -0.2) is 4.39 Å². The van der Waals surface area contributed by atoms with Gasteiger partial charge in [-0.2, -0.15) is 0 Å². The smallest absolute Gasteiger partial charge is 0.282 e. The maximum absolute atomic E-state index is 12.9. The van der Waals surface area contributed by atoms with Crippen molar-refractivity contribution in [3.05, 3.63) is 75.5 Å². The summed E-state index contributed by atoms with van der Waals surface area (Å²) in [6.07, 6.45) is 1.03. The van der Waals surface area contributed by atoms with Crippen LogP contribution in [0.1, 0.15) is 25.9 Å². The van der Waals surface area contributed by atoms with E-state index in [0.717, 1.165) is 23.5 Å². The van der Waals surface area contributed by atoms with Crippen LogP contribution in [-0.2, 0) is 19.5 Å². The fraction of sp³-hybridized carbons (Fsp3) is 0.211. The predicted octanol–water partition coefficient (Wildman–Crippen LogP) is 3.17. The molecule has 1 aromatic heterocycles. The molecule has 7 heteroatoms. The molecule has 0 unspecified atom stereocenters. The fourth-order valence-electron chi connectivity index (χ4n) is 3.00. The number of hydrogen-bond acceptors (Lipinski definition) is 5. The van der Waals surface area contributed by atoms with E-state index in [1.54, 1.807) is 12.1 Å². The van der Waals surface area contributed by atoms with Gasteiger partial charge in [0.25, 0.3) is 5.91 Å². The summed E-state index contributed by atoms with van der Waals surface area (Å²) in [5.41, 5.74) is 3.40. The van der Waals surface area contributed by atoms with E-state index < -0.39 is 0 Å². The summed E-state index contributed by atoms with van der Waals surface area (Å²) in [5, 5.41) is 12.1. The number of fused-ring (bicyclic) bond motifs is 1. The summed E-state index contributed by atoms with van der Waals surface area (Å²) >= 11 is 1.30. The Morgan fingerprint density at radius 2 is 1.96 bits per heavy atom. The quantitative estimate of drug-likeness (QED) is 0.752. The Balaban J connectivity index is 1.37. The summed E-state index contributed by atoms with van der Waals surface area (Å²) in [6, 6.07) is 14.4. The third-order valence-electron chi connectivity index (χ3n) is 4.34. The summed E-state index contributed by atoms with van der Waals surface area (Å²) in [7, 11) is 0. The van der Waals surface area contributed by atoms with Gasteiger partial charge in [0, 0.05) is 18.8 Å². The zero-order valence-corrected chi connectivity index (χ0v) is 14.8. The second kappa shape index (κ2) is 7.21.